The zero-order chi connectivity index (χ0) is 16.7. The van der Waals surface area contributed by atoms with Crippen LogP contribution in [0.4, 0.5) is 4.79 Å². The molecule has 0 spiro atoms. The first-order valence-electron chi connectivity index (χ1n) is 7.24. The highest BCUT2D eigenvalue weighted by Crippen LogP contribution is 2.10. The van der Waals surface area contributed by atoms with E-state index in [-0.39, 0.29) is 6.09 Å². The number of terminal acetylenes is 1. The maximum absolute atomic E-state index is 12.0. The number of hydrogen-bond acceptors (Lipinski definition) is 4. The van der Waals surface area contributed by atoms with Gasteiger partial charge in [0.05, 0.1) is 0 Å². The maximum atomic E-state index is 12.0. The summed E-state index contributed by atoms with van der Waals surface area (Å²) < 4.78 is 5.36. The molecule has 0 bridgehead atoms. The Bertz CT molecular complexity index is 316. The van der Waals surface area contributed by atoms with Gasteiger partial charge in [-0.2, -0.15) is 0 Å². The Kier molecular flexibility index (Phi) is 13.7. The van der Waals surface area contributed by atoms with E-state index < -0.39 is 5.60 Å². The number of carbonyl (C=O) groups excluding carboxylic acids is 1. The normalized spacial score (nSPS) is 9.71. The van der Waals surface area contributed by atoms with Crippen molar-refractivity contribution in [3.63, 3.8) is 0 Å². The molecule has 0 aliphatic heterocycles. The zero-order valence-corrected chi connectivity index (χ0v) is 13.9. The molecular weight excluding hydrogens is 266 g/mol. The Labute approximate surface area is 129 Å². The smallest absolute Gasteiger partial charge is 0.410 e. The summed E-state index contributed by atoms with van der Waals surface area (Å²) in [6.45, 7) is 11.2. The van der Waals surface area contributed by atoms with Gasteiger partial charge in [0.1, 0.15) is 5.60 Å². The predicted molar refractivity (Wildman–Crippen MR) is 88.8 cm³/mol. The summed E-state index contributed by atoms with van der Waals surface area (Å²) in [5, 5.41) is 3.03. The molecule has 0 aliphatic rings. The van der Waals surface area contributed by atoms with E-state index in [1.54, 1.807) is 11.1 Å². The Hall–Kier alpha value is -1.67. The summed E-state index contributed by atoms with van der Waals surface area (Å²) in [4.78, 5) is 13.7. The SMILES string of the molecule is C#CCCN(CCCCNC=C)C(=O)OC(C)(C)C.CN. The molecule has 3 N–H and O–H groups in total. The minimum absolute atomic E-state index is 0.292. The van der Waals surface area contributed by atoms with Gasteiger partial charge in [-0.15, -0.1) is 12.3 Å². The molecule has 5 heteroatoms. The molecule has 1 amide bonds. The summed E-state index contributed by atoms with van der Waals surface area (Å²) in [6, 6.07) is 0. The van der Waals surface area contributed by atoms with Gasteiger partial charge in [-0.25, -0.2) is 4.79 Å². The Morgan fingerprint density at radius 3 is 2.48 bits per heavy atom. The first kappa shape index (κ1) is 21.6. The fourth-order valence-electron chi connectivity index (χ4n) is 1.45. The molecule has 0 heterocycles. The lowest BCUT2D eigenvalue weighted by Gasteiger charge is -2.27. The minimum Gasteiger partial charge on any atom is -0.444 e. The van der Waals surface area contributed by atoms with Crippen molar-refractivity contribution in [2.24, 2.45) is 5.73 Å². The Morgan fingerprint density at radius 1 is 1.38 bits per heavy atom. The molecule has 0 aromatic carbocycles. The summed E-state index contributed by atoms with van der Waals surface area (Å²) in [5.74, 6) is 2.55. The number of nitrogens with one attached hydrogen (secondary N) is 1. The van der Waals surface area contributed by atoms with E-state index >= 15 is 0 Å². The molecule has 0 saturated carbocycles. The molecule has 0 aromatic heterocycles. The van der Waals surface area contributed by atoms with Gasteiger partial charge in [0.2, 0.25) is 0 Å². The largest absolute Gasteiger partial charge is 0.444 e. The monoisotopic (exact) mass is 297 g/mol. The van der Waals surface area contributed by atoms with Crippen LogP contribution in [-0.4, -0.2) is 43.3 Å². The minimum atomic E-state index is -0.476. The molecule has 0 aromatic rings. The first-order valence-corrected chi connectivity index (χ1v) is 7.24. The summed E-state index contributed by atoms with van der Waals surface area (Å²) in [7, 11) is 1.50. The Balaban J connectivity index is 0. The Morgan fingerprint density at radius 2 is 2.00 bits per heavy atom. The third-order valence-electron chi connectivity index (χ3n) is 2.32. The van der Waals surface area contributed by atoms with Crippen LogP contribution < -0.4 is 11.1 Å². The van der Waals surface area contributed by atoms with E-state index in [1.807, 2.05) is 20.8 Å². The zero-order valence-electron chi connectivity index (χ0n) is 13.9. The molecule has 21 heavy (non-hydrogen) atoms. The van der Waals surface area contributed by atoms with Crippen molar-refractivity contribution in [1.29, 1.82) is 0 Å². The van der Waals surface area contributed by atoms with E-state index in [0.29, 0.717) is 19.5 Å². The fraction of sp³-hybridized carbons (Fsp3) is 0.688. The maximum Gasteiger partial charge on any atom is 0.410 e. The number of carbonyl (C=O) groups is 1. The number of amides is 1. The van der Waals surface area contributed by atoms with Crippen LogP contribution in [0.1, 0.15) is 40.0 Å². The van der Waals surface area contributed by atoms with Crippen molar-refractivity contribution in [2.45, 2.75) is 45.6 Å². The topological polar surface area (TPSA) is 67.6 Å². The van der Waals surface area contributed by atoms with E-state index in [0.717, 1.165) is 19.4 Å². The van der Waals surface area contributed by atoms with Crippen molar-refractivity contribution in [3.8, 4) is 12.3 Å². The van der Waals surface area contributed by atoms with Gasteiger partial charge in [0.15, 0.2) is 0 Å². The standard InChI is InChI=1S/C15H26N2O2.CH5N/c1-6-8-12-17(13-10-9-11-16-7-2)14(18)19-15(3,4)5;1-2/h1,7,16H,2,8-13H2,3-5H3;2H2,1H3. The fourth-order valence-corrected chi connectivity index (χ4v) is 1.45. The van der Waals surface area contributed by atoms with Crippen LogP contribution in [-0.2, 0) is 4.74 Å². The van der Waals surface area contributed by atoms with Gasteiger partial charge in [-0.05, 0) is 46.9 Å². The summed E-state index contributed by atoms with van der Waals surface area (Å²) in [6.07, 6.45) is 9.05. The average Bonchev–Trinajstić information content (AvgIpc) is 2.42. The number of rotatable bonds is 8. The van der Waals surface area contributed by atoms with Crippen molar-refractivity contribution in [1.82, 2.24) is 10.2 Å². The molecule has 0 unspecified atom stereocenters. The van der Waals surface area contributed by atoms with Crippen LogP contribution >= 0.6 is 0 Å². The molecule has 5 nitrogen and oxygen atoms in total. The molecule has 0 atom stereocenters. The van der Waals surface area contributed by atoms with Crippen molar-refractivity contribution in [3.05, 3.63) is 12.8 Å². The second-order valence-electron chi connectivity index (χ2n) is 5.29. The average molecular weight is 297 g/mol. The number of hydrogen-bond donors (Lipinski definition) is 2. The van der Waals surface area contributed by atoms with Gasteiger partial charge in [0.25, 0.3) is 0 Å². The molecular formula is C16H31N3O2. The molecule has 0 fully saturated rings. The highest BCUT2D eigenvalue weighted by molar-refractivity contribution is 5.68. The molecule has 0 saturated heterocycles. The lowest BCUT2D eigenvalue weighted by molar-refractivity contribution is 0.0251. The lowest BCUT2D eigenvalue weighted by Crippen LogP contribution is -2.38. The highest BCUT2D eigenvalue weighted by Gasteiger charge is 2.21. The highest BCUT2D eigenvalue weighted by atomic mass is 16.6. The van der Waals surface area contributed by atoms with Gasteiger partial charge in [-0.3, -0.25) is 0 Å². The van der Waals surface area contributed by atoms with Gasteiger partial charge < -0.3 is 20.7 Å². The van der Waals surface area contributed by atoms with Crippen LogP contribution in [0.15, 0.2) is 12.8 Å². The molecule has 0 rings (SSSR count). The predicted octanol–water partition coefficient (Wildman–Crippen LogP) is 2.33. The van der Waals surface area contributed by atoms with Crippen LogP contribution in [0.25, 0.3) is 0 Å². The van der Waals surface area contributed by atoms with Crippen molar-refractivity contribution in [2.75, 3.05) is 26.7 Å². The van der Waals surface area contributed by atoms with E-state index in [9.17, 15) is 4.79 Å². The van der Waals surface area contributed by atoms with Crippen LogP contribution in [0.2, 0.25) is 0 Å². The second kappa shape index (κ2) is 13.3. The van der Waals surface area contributed by atoms with Crippen molar-refractivity contribution >= 4 is 6.09 Å². The van der Waals surface area contributed by atoms with Crippen LogP contribution in [0.3, 0.4) is 0 Å². The van der Waals surface area contributed by atoms with Crippen molar-refractivity contribution < 1.29 is 9.53 Å². The number of nitrogens with two attached hydrogens (primary N) is 1. The molecule has 0 radical (unpaired) electrons. The number of unbranched alkanes of at least 4 members (excludes halogenated alkanes) is 1. The van der Waals surface area contributed by atoms with E-state index in [1.165, 1.54) is 7.05 Å². The van der Waals surface area contributed by atoms with Gasteiger partial charge in [0, 0.05) is 26.1 Å². The van der Waals surface area contributed by atoms with Crippen LogP contribution in [0.5, 0.6) is 0 Å². The summed E-state index contributed by atoms with van der Waals surface area (Å²) in [5.41, 5.74) is 4.02. The number of ether oxygens (including phenoxy) is 1. The second-order valence-corrected chi connectivity index (χ2v) is 5.29. The van der Waals surface area contributed by atoms with E-state index in [2.05, 4.69) is 23.5 Å². The number of nitrogens with zero attached hydrogens (tertiary/aromatic N) is 1. The quantitative estimate of drug-likeness (QED) is 0.533. The first-order chi connectivity index (χ1) is 9.90. The summed E-state index contributed by atoms with van der Waals surface area (Å²) >= 11 is 0. The van der Waals surface area contributed by atoms with Gasteiger partial charge >= 0.3 is 6.09 Å². The van der Waals surface area contributed by atoms with E-state index in [4.69, 9.17) is 11.2 Å². The molecule has 0 aliphatic carbocycles. The lowest BCUT2D eigenvalue weighted by atomic mass is 10.2. The third-order valence-corrected chi connectivity index (χ3v) is 2.32. The third kappa shape index (κ3) is 14.5. The molecule has 122 valence electrons. The van der Waals surface area contributed by atoms with Gasteiger partial charge in [-0.1, -0.05) is 6.58 Å². The van der Waals surface area contributed by atoms with Crippen LogP contribution in [0, 0.1) is 12.3 Å².